The smallest absolute Gasteiger partial charge is 0.122 e. The molecule has 2 rings (SSSR count). The molecular formula is C11H12O. The summed E-state index contributed by atoms with van der Waals surface area (Å²) in [6.07, 6.45) is 3.94. The van der Waals surface area contributed by atoms with E-state index in [0.717, 1.165) is 25.2 Å². The van der Waals surface area contributed by atoms with Crippen LogP contribution < -0.4 is 4.74 Å². The summed E-state index contributed by atoms with van der Waals surface area (Å²) >= 11 is 0. The second-order valence-corrected chi connectivity index (χ2v) is 2.99. The van der Waals surface area contributed by atoms with Crippen LogP contribution >= 0.6 is 0 Å². The van der Waals surface area contributed by atoms with Gasteiger partial charge in [-0.15, -0.1) is 6.58 Å². The van der Waals surface area contributed by atoms with Crippen molar-refractivity contribution in [3.63, 3.8) is 0 Å². The first-order chi connectivity index (χ1) is 5.92. The lowest BCUT2D eigenvalue weighted by Crippen LogP contribution is -1.88. The zero-order valence-corrected chi connectivity index (χ0v) is 7.05. The van der Waals surface area contributed by atoms with Gasteiger partial charge < -0.3 is 4.74 Å². The quantitative estimate of drug-likeness (QED) is 0.603. The third kappa shape index (κ3) is 1.11. The Hall–Kier alpha value is -1.24. The Morgan fingerprint density at radius 2 is 2.42 bits per heavy atom. The molecule has 0 fully saturated rings. The fourth-order valence-corrected chi connectivity index (χ4v) is 1.64. The van der Waals surface area contributed by atoms with Crippen LogP contribution in [0.2, 0.25) is 0 Å². The normalized spacial score (nSPS) is 13.7. The average molecular weight is 160 g/mol. The van der Waals surface area contributed by atoms with Gasteiger partial charge in [0.15, 0.2) is 0 Å². The summed E-state index contributed by atoms with van der Waals surface area (Å²) in [6.45, 7) is 4.58. The fourth-order valence-electron chi connectivity index (χ4n) is 1.64. The van der Waals surface area contributed by atoms with Crippen molar-refractivity contribution in [3.8, 4) is 5.75 Å². The maximum atomic E-state index is 5.45. The predicted molar refractivity (Wildman–Crippen MR) is 49.5 cm³/mol. The highest BCUT2D eigenvalue weighted by Gasteiger charge is 2.13. The molecule has 0 bridgehead atoms. The van der Waals surface area contributed by atoms with Crippen molar-refractivity contribution in [1.82, 2.24) is 0 Å². The van der Waals surface area contributed by atoms with Crippen LogP contribution in [-0.4, -0.2) is 6.61 Å². The summed E-state index contributed by atoms with van der Waals surface area (Å²) in [4.78, 5) is 0. The highest BCUT2D eigenvalue weighted by atomic mass is 16.5. The zero-order chi connectivity index (χ0) is 8.39. The Morgan fingerprint density at radius 3 is 3.25 bits per heavy atom. The minimum Gasteiger partial charge on any atom is -0.493 e. The zero-order valence-electron chi connectivity index (χ0n) is 7.05. The number of fused-ring (bicyclic) bond motifs is 1. The number of benzene rings is 1. The van der Waals surface area contributed by atoms with E-state index in [4.69, 9.17) is 4.74 Å². The average Bonchev–Trinajstić information content (AvgIpc) is 2.53. The van der Waals surface area contributed by atoms with E-state index >= 15 is 0 Å². The molecule has 12 heavy (non-hydrogen) atoms. The molecule has 1 aliphatic heterocycles. The molecule has 1 aromatic carbocycles. The van der Waals surface area contributed by atoms with E-state index in [2.05, 4.69) is 12.6 Å². The second-order valence-electron chi connectivity index (χ2n) is 2.99. The molecule has 1 aromatic rings. The molecule has 0 amide bonds. The van der Waals surface area contributed by atoms with Crippen LogP contribution in [0.5, 0.6) is 5.75 Å². The molecule has 1 nitrogen and oxygen atoms in total. The van der Waals surface area contributed by atoms with Crippen molar-refractivity contribution in [2.75, 3.05) is 6.61 Å². The summed E-state index contributed by atoms with van der Waals surface area (Å²) in [5.74, 6) is 1.06. The van der Waals surface area contributed by atoms with Crippen LogP contribution in [0.1, 0.15) is 11.1 Å². The summed E-state index contributed by atoms with van der Waals surface area (Å²) in [5.41, 5.74) is 2.73. The van der Waals surface area contributed by atoms with Gasteiger partial charge in [0.25, 0.3) is 0 Å². The van der Waals surface area contributed by atoms with Crippen molar-refractivity contribution in [2.24, 2.45) is 0 Å². The van der Waals surface area contributed by atoms with E-state index in [1.807, 2.05) is 18.2 Å². The third-order valence-corrected chi connectivity index (χ3v) is 2.20. The lowest BCUT2D eigenvalue weighted by Gasteiger charge is -2.03. The van der Waals surface area contributed by atoms with Crippen molar-refractivity contribution < 1.29 is 4.74 Å². The number of ether oxygens (including phenoxy) is 1. The van der Waals surface area contributed by atoms with Gasteiger partial charge >= 0.3 is 0 Å². The van der Waals surface area contributed by atoms with E-state index in [1.165, 1.54) is 11.1 Å². The molecule has 0 N–H and O–H groups in total. The van der Waals surface area contributed by atoms with Gasteiger partial charge in [-0.3, -0.25) is 0 Å². The molecule has 0 aromatic heterocycles. The molecule has 0 spiro atoms. The number of allylic oxidation sites excluding steroid dienone is 1. The standard InChI is InChI=1S/C11H12O/c1-2-4-9-5-3-6-11-10(9)7-8-12-11/h2-3,5-6H,1,4,7-8H2. The van der Waals surface area contributed by atoms with E-state index in [9.17, 15) is 0 Å². The molecule has 0 aliphatic carbocycles. The highest BCUT2D eigenvalue weighted by Crippen LogP contribution is 2.28. The van der Waals surface area contributed by atoms with Crippen molar-refractivity contribution in [2.45, 2.75) is 12.8 Å². The Labute approximate surface area is 72.7 Å². The Bertz CT molecular complexity index is 302. The first-order valence-electron chi connectivity index (χ1n) is 4.26. The minimum atomic E-state index is 0.837. The SMILES string of the molecule is C=CCc1cccc2c1CCO2. The van der Waals surface area contributed by atoms with Crippen molar-refractivity contribution >= 4 is 0 Å². The topological polar surface area (TPSA) is 9.23 Å². The van der Waals surface area contributed by atoms with Gasteiger partial charge in [0.05, 0.1) is 6.61 Å². The molecule has 0 unspecified atom stereocenters. The fraction of sp³-hybridized carbons (Fsp3) is 0.273. The molecule has 0 atom stereocenters. The molecule has 0 saturated carbocycles. The van der Waals surface area contributed by atoms with Crippen LogP contribution in [0.25, 0.3) is 0 Å². The highest BCUT2D eigenvalue weighted by molar-refractivity contribution is 5.43. The van der Waals surface area contributed by atoms with Crippen molar-refractivity contribution in [1.29, 1.82) is 0 Å². The Balaban J connectivity index is 2.42. The van der Waals surface area contributed by atoms with Gasteiger partial charge in [-0.05, 0) is 18.1 Å². The Morgan fingerprint density at radius 1 is 1.50 bits per heavy atom. The van der Waals surface area contributed by atoms with E-state index in [-0.39, 0.29) is 0 Å². The van der Waals surface area contributed by atoms with E-state index in [0.29, 0.717) is 0 Å². The lowest BCUT2D eigenvalue weighted by atomic mass is 10.0. The summed E-state index contributed by atoms with van der Waals surface area (Å²) in [7, 11) is 0. The van der Waals surface area contributed by atoms with E-state index < -0.39 is 0 Å². The first kappa shape index (κ1) is 7.41. The molecular weight excluding hydrogens is 148 g/mol. The molecule has 0 radical (unpaired) electrons. The van der Waals surface area contributed by atoms with Crippen LogP contribution in [0, 0.1) is 0 Å². The van der Waals surface area contributed by atoms with Gasteiger partial charge in [-0.2, -0.15) is 0 Å². The maximum absolute atomic E-state index is 5.45. The molecule has 62 valence electrons. The third-order valence-electron chi connectivity index (χ3n) is 2.20. The van der Waals surface area contributed by atoms with Crippen molar-refractivity contribution in [3.05, 3.63) is 42.0 Å². The largest absolute Gasteiger partial charge is 0.493 e. The van der Waals surface area contributed by atoms with Gasteiger partial charge in [0.2, 0.25) is 0 Å². The van der Waals surface area contributed by atoms with Crippen LogP contribution in [0.3, 0.4) is 0 Å². The van der Waals surface area contributed by atoms with Crippen LogP contribution in [0.15, 0.2) is 30.9 Å². The van der Waals surface area contributed by atoms with Gasteiger partial charge in [-0.1, -0.05) is 18.2 Å². The predicted octanol–water partition coefficient (Wildman–Crippen LogP) is 2.35. The number of hydrogen-bond donors (Lipinski definition) is 0. The van der Waals surface area contributed by atoms with Crippen LogP contribution in [0.4, 0.5) is 0 Å². The Kier molecular flexibility index (Phi) is 1.86. The molecule has 1 heteroatoms. The summed E-state index contributed by atoms with van der Waals surface area (Å²) in [5, 5.41) is 0. The van der Waals surface area contributed by atoms with Gasteiger partial charge in [0.1, 0.15) is 5.75 Å². The van der Waals surface area contributed by atoms with Gasteiger partial charge in [-0.25, -0.2) is 0 Å². The minimum absolute atomic E-state index is 0.837. The molecule has 1 heterocycles. The first-order valence-corrected chi connectivity index (χ1v) is 4.26. The lowest BCUT2D eigenvalue weighted by molar-refractivity contribution is 0.357. The monoisotopic (exact) mass is 160 g/mol. The maximum Gasteiger partial charge on any atom is 0.122 e. The number of rotatable bonds is 2. The summed E-state index contributed by atoms with van der Waals surface area (Å²) in [6, 6.07) is 6.23. The molecule has 0 saturated heterocycles. The molecule has 1 aliphatic rings. The van der Waals surface area contributed by atoms with Gasteiger partial charge in [0, 0.05) is 12.0 Å². The number of hydrogen-bond acceptors (Lipinski definition) is 1. The van der Waals surface area contributed by atoms with E-state index in [1.54, 1.807) is 0 Å². The summed E-state index contributed by atoms with van der Waals surface area (Å²) < 4.78 is 5.45. The van der Waals surface area contributed by atoms with Crippen LogP contribution in [-0.2, 0) is 12.8 Å². The second kappa shape index (κ2) is 3.02.